The SMILES string of the molecule is CCOC(=O)[C@H](N)Cc1ccncc1C. The van der Waals surface area contributed by atoms with Gasteiger partial charge >= 0.3 is 5.97 Å². The van der Waals surface area contributed by atoms with Crippen LogP contribution in [0.25, 0.3) is 0 Å². The average Bonchev–Trinajstić information content (AvgIpc) is 2.21. The number of pyridine rings is 1. The molecule has 1 aromatic heterocycles. The Labute approximate surface area is 89.5 Å². The fourth-order valence-corrected chi connectivity index (χ4v) is 1.30. The molecule has 0 bridgehead atoms. The lowest BCUT2D eigenvalue weighted by molar-refractivity contribution is -0.144. The third-order valence-corrected chi connectivity index (χ3v) is 2.17. The van der Waals surface area contributed by atoms with Crippen molar-refractivity contribution in [2.75, 3.05) is 6.61 Å². The second-order valence-electron chi connectivity index (χ2n) is 3.36. The Morgan fingerprint density at radius 2 is 2.40 bits per heavy atom. The van der Waals surface area contributed by atoms with Gasteiger partial charge in [-0.1, -0.05) is 0 Å². The number of rotatable bonds is 4. The van der Waals surface area contributed by atoms with Gasteiger partial charge in [-0.15, -0.1) is 0 Å². The van der Waals surface area contributed by atoms with Gasteiger partial charge in [0.25, 0.3) is 0 Å². The summed E-state index contributed by atoms with van der Waals surface area (Å²) in [4.78, 5) is 15.3. The van der Waals surface area contributed by atoms with E-state index in [0.29, 0.717) is 13.0 Å². The maximum Gasteiger partial charge on any atom is 0.323 e. The minimum absolute atomic E-state index is 0.353. The Hall–Kier alpha value is -1.42. The number of carbonyl (C=O) groups excluding carboxylic acids is 1. The summed E-state index contributed by atoms with van der Waals surface area (Å²) >= 11 is 0. The smallest absolute Gasteiger partial charge is 0.323 e. The molecule has 0 unspecified atom stereocenters. The predicted molar refractivity (Wildman–Crippen MR) is 57.3 cm³/mol. The molecule has 82 valence electrons. The maximum absolute atomic E-state index is 11.3. The van der Waals surface area contributed by atoms with Gasteiger partial charge in [0.05, 0.1) is 6.61 Å². The van der Waals surface area contributed by atoms with Crippen molar-refractivity contribution >= 4 is 5.97 Å². The number of aromatic nitrogens is 1. The zero-order valence-corrected chi connectivity index (χ0v) is 9.06. The highest BCUT2D eigenvalue weighted by Gasteiger charge is 2.15. The lowest BCUT2D eigenvalue weighted by Gasteiger charge is -2.11. The van der Waals surface area contributed by atoms with Crippen molar-refractivity contribution < 1.29 is 9.53 Å². The molecule has 1 rings (SSSR count). The highest BCUT2D eigenvalue weighted by atomic mass is 16.5. The molecule has 0 saturated carbocycles. The maximum atomic E-state index is 11.3. The fourth-order valence-electron chi connectivity index (χ4n) is 1.30. The zero-order chi connectivity index (χ0) is 11.3. The van der Waals surface area contributed by atoms with E-state index in [4.69, 9.17) is 10.5 Å². The first-order valence-corrected chi connectivity index (χ1v) is 4.96. The van der Waals surface area contributed by atoms with Crippen LogP contribution in [0.4, 0.5) is 0 Å². The van der Waals surface area contributed by atoms with Crippen molar-refractivity contribution in [3.63, 3.8) is 0 Å². The first-order chi connectivity index (χ1) is 7.15. The summed E-state index contributed by atoms with van der Waals surface area (Å²) in [6.45, 7) is 4.07. The Balaban J connectivity index is 2.62. The summed E-state index contributed by atoms with van der Waals surface area (Å²) in [6, 6.07) is 1.28. The molecule has 1 atom stereocenters. The third-order valence-electron chi connectivity index (χ3n) is 2.17. The third kappa shape index (κ3) is 3.32. The van der Waals surface area contributed by atoms with Crippen molar-refractivity contribution in [2.45, 2.75) is 26.3 Å². The fraction of sp³-hybridized carbons (Fsp3) is 0.455. The second-order valence-corrected chi connectivity index (χ2v) is 3.36. The molecule has 4 heteroatoms. The van der Waals surface area contributed by atoms with Crippen LogP contribution in [0.2, 0.25) is 0 Å². The zero-order valence-electron chi connectivity index (χ0n) is 9.06. The first kappa shape index (κ1) is 11.7. The van der Waals surface area contributed by atoms with Gasteiger partial charge in [0, 0.05) is 12.4 Å². The van der Waals surface area contributed by atoms with Gasteiger partial charge in [-0.05, 0) is 37.5 Å². The van der Waals surface area contributed by atoms with Crippen LogP contribution in [0, 0.1) is 6.92 Å². The summed E-state index contributed by atoms with van der Waals surface area (Å²) in [5.41, 5.74) is 7.78. The molecule has 0 aliphatic carbocycles. The Bertz CT molecular complexity index is 339. The summed E-state index contributed by atoms with van der Waals surface area (Å²) in [5.74, 6) is -0.353. The molecule has 0 fully saturated rings. The molecule has 0 aliphatic heterocycles. The predicted octanol–water partition coefficient (Wildman–Crippen LogP) is 0.823. The van der Waals surface area contributed by atoms with Gasteiger partial charge in [-0.25, -0.2) is 0 Å². The monoisotopic (exact) mass is 208 g/mol. The normalized spacial score (nSPS) is 12.2. The van der Waals surface area contributed by atoms with E-state index >= 15 is 0 Å². The van der Waals surface area contributed by atoms with E-state index in [0.717, 1.165) is 11.1 Å². The molecule has 0 radical (unpaired) electrons. The number of nitrogens with zero attached hydrogens (tertiary/aromatic N) is 1. The van der Waals surface area contributed by atoms with Gasteiger partial charge in [-0.3, -0.25) is 9.78 Å². The average molecular weight is 208 g/mol. The standard InChI is InChI=1S/C11H16N2O2/c1-3-15-11(14)10(12)6-9-4-5-13-7-8(9)2/h4-5,7,10H,3,6,12H2,1-2H3/t10-/m1/s1. The molecular formula is C11H16N2O2. The van der Waals surface area contributed by atoms with Crippen molar-refractivity contribution in [3.05, 3.63) is 29.6 Å². The van der Waals surface area contributed by atoms with Gasteiger partial charge in [0.1, 0.15) is 6.04 Å². The quantitative estimate of drug-likeness (QED) is 0.744. The van der Waals surface area contributed by atoms with Crippen molar-refractivity contribution in [3.8, 4) is 0 Å². The summed E-state index contributed by atoms with van der Waals surface area (Å²) in [7, 11) is 0. The van der Waals surface area contributed by atoms with Crippen LogP contribution < -0.4 is 5.73 Å². The van der Waals surface area contributed by atoms with Crippen molar-refractivity contribution in [1.82, 2.24) is 4.98 Å². The number of esters is 1. The second kappa shape index (κ2) is 5.46. The number of ether oxygens (including phenoxy) is 1. The molecule has 1 heterocycles. The summed E-state index contributed by atoms with van der Waals surface area (Å²) in [5, 5.41) is 0. The van der Waals surface area contributed by atoms with E-state index in [1.807, 2.05) is 13.0 Å². The van der Waals surface area contributed by atoms with Crippen LogP contribution in [0.5, 0.6) is 0 Å². The van der Waals surface area contributed by atoms with Crippen molar-refractivity contribution in [2.24, 2.45) is 5.73 Å². The van der Waals surface area contributed by atoms with E-state index in [9.17, 15) is 4.79 Å². The Morgan fingerprint density at radius 3 is 3.00 bits per heavy atom. The molecule has 15 heavy (non-hydrogen) atoms. The van der Waals surface area contributed by atoms with Crippen LogP contribution in [-0.4, -0.2) is 23.6 Å². The lowest BCUT2D eigenvalue weighted by Crippen LogP contribution is -2.34. The van der Waals surface area contributed by atoms with Gasteiger partial charge < -0.3 is 10.5 Å². The molecule has 0 saturated heterocycles. The van der Waals surface area contributed by atoms with E-state index in [2.05, 4.69) is 4.98 Å². The first-order valence-electron chi connectivity index (χ1n) is 4.96. The Kier molecular flexibility index (Phi) is 4.24. The minimum atomic E-state index is -0.592. The van der Waals surface area contributed by atoms with Crippen LogP contribution in [-0.2, 0) is 16.0 Å². The minimum Gasteiger partial charge on any atom is -0.465 e. The molecular weight excluding hydrogens is 192 g/mol. The highest BCUT2D eigenvalue weighted by molar-refractivity contribution is 5.75. The number of carbonyl (C=O) groups is 1. The van der Waals surface area contributed by atoms with Gasteiger partial charge in [0.2, 0.25) is 0 Å². The molecule has 0 aromatic carbocycles. The van der Waals surface area contributed by atoms with Crippen molar-refractivity contribution in [1.29, 1.82) is 0 Å². The van der Waals surface area contributed by atoms with Crippen LogP contribution >= 0.6 is 0 Å². The van der Waals surface area contributed by atoms with E-state index < -0.39 is 6.04 Å². The van der Waals surface area contributed by atoms with Gasteiger partial charge in [0.15, 0.2) is 0 Å². The molecule has 2 N–H and O–H groups in total. The molecule has 4 nitrogen and oxygen atoms in total. The number of aryl methyl sites for hydroxylation is 1. The molecule has 0 aliphatic rings. The summed E-state index contributed by atoms with van der Waals surface area (Å²) < 4.78 is 4.84. The lowest BCUT2D eigenvalue weighted by atomic mass is 10.0. The van der Waals surface area contributed by atoms with Crippen LogP contribution in [0.3, 0.4) is 0 Å². The number of nitrogens with two attached hydrogens (primary N) is 1. The van der Waals surface area contributed by atoms with Crippen LogP contribution in [0.15, 0.2) is 18.5 Å². The van der Waals surface area contributed by atoms with Crippen LogP contribution in [0.1, 0.15) is 18.1 Å². The van der Waals surface area contributed by atoms with E-state index in [-0.39, 0.29) is 5.97 Å². The highest BCUT2D eigenvalue weighted by Crippen LogP contribution is 2.07. The molecule has 0 spiro atoms. The molecule has 1 aromatic rings. The van der Waals surface area contributed by atoms with E-state index in [1.54, 1.807) is 19.3 Å². The van der Waals surface area contributed by atoms with Gasteiger partial charge in [-0.2, -0.15) is 0 Å². The van der Waals surface area contributed by atoms with E-state index in [1.165, 1.54) is 0 Å². The number of hydrogen-bond acceptors (Lipinski definition) is 4. The molecule has 0 amide bonds. The number of hydrogen-bond donors (Lipinski definition) is 1. The summed E-state index contributed by atoms with van der Waals surface area (Å²) in [6.07, 6.45) is 3.95. The largest absolute Gasteiger partial charge is 0.465 e. The Morgan fingerprint density at radius 1 is 1.67 bits per heavy atom. The topological polar surface area (TPSA) is 65.2 Å².